The molecule has 1 heterocycles. The van der Waals surface area contributed by atoms with Gasteiger partial charge in [-0.3, -0.25) is 0 Å². The molecule has 2 nitrogen and oxygen atoms in total. The summed E-state index contributed by atoms with van der Waals surface area (Å²) in [6, 6.07) is 5.53. The summed E-state index contributed by atoms with van der Waals surface area (Å²) < 4.78 is 19.7. The first-order valence-electron chi connectivity index (χ1n) is 6.35. The molecule has 1 aromatic rings. The van der Waals surface area contributed by atoms with Crippen molar-refractivity contribution >= 4 is 15.9 Å². The first kappa shape index (κ1) is 14.0. The number of rotatable bonds is 4. The lowest BCUT2D eigenvalue weighted by atomic mass is 9.89. The molecule has 0 radical (unpaired) electrons. The summed E-state index contributed by atoms with van der Waals surface area (Å²) in [5, 5.41) is 3.35. The van der Waals surface area contributed by atoms with Crippen LogP contribution >= 0.6 is 15.9 Å². The minimum absolute atomic E-state index is 0.196. The highest BCUT2D eigenvalue weighted by Gasteiger charge is 2.31. The summed E-state index contributed by atoms with van der Waals surface area (Å²) in [7, 11) is 1.96. The van der Waals surface area contributed by atoms with Gasteiger partial charge in [0.2, 0.25) is 0 Å². The standard InChI is InChI=1S/C14H19BrFNO/c1-9-11(6-7-18-9)13(17-2)8-10-4-3-5-12(16)14(10)15/h3-5,9,11,13,17H,6-8H2,1-2H3. The number of ether oxygens (including phenoxy) is 1. The van der Waals surface area contributed by atoms with Gasteiger partial charge in [0.1, 0.15) is 5.82 Å². The molecule has 4 heteroatoms. The van der Waals surface area contributed by atoms with Crippen molar-refractivity contribution in [3.63, 3.8) is 0 Å². The van der Waals surface area contributed by atoms with E-state index in [1.165, 1.54) is 6.07 Å². The molecule has 3 unspecified atom stereocenters. The second-order valence-corrected chi connectivity index (χ2v) is 5.63. The Bertz CT molecular complexity index is 413. The van der Waals surface area contributed by atoms with E-state index in [-0.39, 0.29) is 11.9 Å². The molecule has 0 aliphatic carbocycles. The van der Waals surface area contributed by atoms with Crippen LogP contribution in [0.3, 0.4) is 0 Å². The van der Waals surface area contributed by atoms with Gasteiger partial charge in [-0.25, -0.2) is 4.39 Å². The van der Waals surface area contributed by atoms with Crippen molar-refractivity contribution in [1.82, 2.24) is 5.32 Å². The maximum absolute atomic E-state index is 13.5. The van der Waals surface area contributed by atoms with Gasteiger partial charge >= 0.3 is 0 Å². The van der Waals surface area contributed by atoms with E-state index >= 15 is 0 Å². The summed E-state index contributed by atoms with van der Waals surface area (Å²) >= 11 is 3.33. The van der Waals surface area contributed by atoms with E-state index in [1.54, 1.807) is 6.07 Å². The Hall–Kier alpha value is -0.450. The lowest BCUT2D eigenvalue weighted by Crippen LogP contribution is -2.38. The van der Waals surface area contributed by atoms with Crippen LogP contribution in [0.5, 0.6) is 0 Å². The third-order valence-corrected chi connectivity index (χ3v) is 4.68. The van der Waals surface area contributed by atoms with Gasteiger partial charge in [0.15, 0.2) is 0 Å². The Morgan fingerprint density at radius 3 is 2.94 bits per heavy atom. The smallest absolute Gasteiger partial charge is 0.137 e. The molecule has 100 valence electrons. The van der Waals surface area contributed by atoms with Gasteiger partial charge in [0.25, 0.3) is 0 Å². The molecule has 3 atom stereocenters. The third-order valence-electron chi connectivity index (χ3n) is 3.79. The van der Waals surface area contributed by atoms with E-state index in [0.29, 0.717) is 16.4 Å². The van der Waals surface area contributed by atoms with Crippen LogP contribution in [0.2, 0.25) is 0 Å². The highest BCUT2D eigenvalue weighted by Crippen LogP contribution is 2.28. The normalized spacial score (nSPS) is 25.3. The van der Waals surface area contributed by atoms with E-state index < -0.39 is 0 Å². The molecule has 1 aromatic carbocycles. The molecule has 0 amide bonds. The van der Waals surface area contributed by atoms with Gasteiger partial charge in [-0.1, -0.05) is 12.1 Å². The number of hydrogen-bond acceptors (Lipinski definition) is 2. The predicted molar refractivity (Wildman–Crippen MR) is 74.2 cm³/mol. The van der Waals surface area contributed by atoms with Crippen LogP contribution in [-0.2, 0) is 11.2 Å². The number of nitrogens with one attached hydrogen (secondary N) is 1. The minimum atomic E-state index is -0.196. The Labute approximate surface area is 116 Å². The van der Waals surface area contributed by atoms with Gasteiger partial charge in [0.05, 0.1) is 10.6 Å². The van der Waals surface area contributed by atoms with E-state index in [1.807, 2.05) is 13.1 Å². The monoisotopic (exact) mass is 315 g/mol. The summed E-state index contributed by atoms with van der Waals surface area (Å²) in [6.45, 7) is 2.94. The number of halogens is 2. The van der Waals surface area contributed by atoms with Gasteiger partial charge in [0, 0.05) is 18.6 Å². The van der Waals surface area contributed by atoms with Crippen LogP contribution in [0.4, 0.5) is 4.39 Å². The van der Waals surface area contributed by atoms with Crippen molar-refractivity contribution in [2.75, 3.05) is 13.7 Å². The molecule has 0 aromatic heterocycles. The Morgan fingerprint density at radius 1 is 1.56 bits per heavy atom. The lowest BCUT2D eigenvalue weighted by Gasteiger charge is -2.26. The predicted octanol–water partition coefficient (Wildman–Crippen LogP) is 3.14. The van der Waals surface area contributed by atoms with Crippen LogP contribution in [0.25, 0.3) is 0 Å². The fourth-order valence-electron chi connectivity index (χ4n) is 2.69. The van der Waals surface area contributed by atoms with Crippen LogP contribution in [0.15, 0.2) is 22.7 Å². The fourth-order valence-corrected chi connectivity index (χ4v) is 3.11. The molecule has 2 rings (SSSR count). The van der Waals surface area contributed by atoms with Gasteiger partial charge in [-0.2, -0.15) is 0 Å². The summed E-state index contributed by atoms with van der Waals surface area (Å²) in [4.78, 5) is 0. The van der Waals surface area contributed by atoms with Crippen molar-refractivity contribution in [3.05, 3.63) is 34.1 Å². The quantitative estimate of drug-likeness (QED) is 0.921. The Kier molecular flexibility index (Phi) is 4.76. The van der Waals surface area contributed by atoms with Crippen molar-refractivity contribution in [2.24, 2.45) is 5.92 Å². The number of hydrogen-bond donors (Lipinski definition) is 1. The van der Waals surface area contributed by atoms with Crippen molar-refractivity contribution < 1.29 is 9.13 Å². The van der Waals surface area contributed by atoms with E-state index in [0.717, 1.165) is 25.0 Å². The zero-order valence-electron chi connectivity index (χ0n) is 10.7. The fraction of sp³-hybridized carbons (Fsp3) is 0.571. The van der Waals surface area contributed by atoms with Crippen LogP contribution < -0.4 is 5.32 Å². The average molecular weight is 316 g/mol. The van der Waals surface area contributed by atoms with Gasteiger partial charge in [-0.05, 0) is 54.4 Å². The minimum Gasteiger partial charge on any atom is -0.378 e. The van der Waals surface area contributed by atoms with Crippen LogP contribution in [-0.4, -0.2) is 25.8 Å². The number of benzene rings is 1. The average Bonchev–Trinajstić information content (AvgIpc) is 2.77. The molecule has 0 spiro atoms. The van der Waals surface area contributed by atoms with Crippen LogP contribution in [0, 0.1) is 11.7 Å². The molecule has 0 saturated carbocycles. The molecule has 18 heavy (non-hydrogen) atoms. The lowest BCUT2D eigenvalue weighted by molar-refractivity contribution is 0.0963. The molecular weight excluding hydrogens is 297 g/mol. The number of likely N-dealkylation sites (N-methyl/N-ethyl adjacent to an activating group) is 1. The maximum atomic E-state index is 13.5. The topological polar surface area (TPSA) is 21.3 Å². The van der Waals surface area contributed by atoms with Gasteiger partial charge < -0.3 is 10.1 Å². The SMILES string of the molecule is CNC(Cc1cccc(F)c1Br)C1CCOC1C. The Balaban J connectivity index is 2.12. The second-order valence-electron chi connectivity index (χ2n) is 4.84. The molecular formula is C14H19BrFNO. The Morgan fingerprint density at radius 2 is 2.33 bits per heavy atom. The van der Waals surface area contributed by atoms with Crippen molar-refractivity contribution in [1.29, 1.82) is 0 Å². The van der Waals surface area contributed by atoms with Crippen LogP contribution in [0.1, 0.15) is 18.9 Å². The summed E-state index contributed by atoms with van der Waals surface area (Å²) in [6.07, 6.45) is 2.15. The molecule has 1 N–H and O–H groups in total. The van der Waals surface area contributed by atoms with E-state index in [2.05, 4.69) is 28.2 Å². The summed E-state index contributed by atoms with van der Waals surface area (Å²) in [5.41, 5.74) is 1.01. The summed E-state index contributed by atoms with van der Waals surface area (Å²) in [5.74, 6) is 0.295. The van der Waals surface area contributed by atoms with E-state index in [4.69, 9.17) is 4.74 Å². The first-order valence-corrected chi connectivity index (χ1v) is 7.14. The first-order chi connectivity index (χ1) is 8.63. The van der Waals surface area contributed by atoms with Crippen molar-refractivity contribution in [2.45, 2.75) is 31.9 Å². The van der Waals surface area contributed by atoms with Crippen molar-refractivity contribution in [3.8, 4) is 0 Å². The molecule has 1 fully saturated rings. The zero-order valence-corrected chi connectivity index (χ0v) is 12.3. The molecule has 0 bridgehead atoms. The van der Waals surface area contributed by atoms with Gasteiger partial charge in [-0.15, -0.1) is 0 Å². The maximum Gasteiger partial charge on any atom is 0.137 e. The van der Waals surface area contributed by atoms with E-state index in [9.17, 15) is 4.39 Å². The molecule has 1 saturated heterocycles. The molecule has 1 aliphatic heterocycles. The highest BCUT2D eigenvalue weighted by atomic mass is 79.9. The second kappa shape index (κ2) is 6.13. The largest absolute Gasteiger partial charge is 0.378 e. The third kappa shape index (κ3) is 2.92. The molecule has 1 aliphatic rings. The highest BCUT2D eigenvalue weighted by molar-refractivity contribution is 9.10. The zero-order chi connectivity index (χ0) is 13.1.